The number of benzene rings is 1. The SMILES string of the molecule is CC(=O)Nc1nnc(S(=O)(=O)N[C@@H](C)CC(C)(C)c2ccccc2)s1. The van der Waals surface area contributed by atoms with Gasteiger partial charge in [-0.05, 0) is 24.3 Å². The Hall–Kier alpha value is -1.84. The Morgan fingerprint density at radius 3 is 2.48 bits per heavy atom. The van der Waals surface area contributed by atoms with Crippen molar-refractivity contribution in [3.63, 3.8) is 0 Å². The van der Waals surface area contributed by atoms with Gasteiger partial charge < -0.3 is 5.32 Å². The summed E-state index contributed by atoms with van der Waals surface area (Å²) >= 11 is 0.820. The van der Waals surface area contributed by atoms with Gasteiger partial charge in [0.15, 0.2) is 0 Å². The number of carbonyl (C=O) groups excluding carboxylic acids is 1. The molecule has 1 amide bonds. The second-order valence-electron chi connectivity index (χ2n) is 6.53. The Morgan fingerprint density at radius 1 is 1.24 bits per heavy atom. The molecule has 1 heterocycles. The van der Waals surface area contributed by atoms with Crippen LogP contribution in [0.1, 0.15) is 39.7 Å². The quantitative estimate of drug-likeness (QED) is 0.717. The first-order valence-electron chi connectivity index (χ1n) is 7.79. The van der Waals surface area contributed by atoms with Crippen molar-refractivity contribution in [2.75, 3.05) is 5.32 Å². The minimum atomic E-state index is -3.79. The number of aromatic nitrogens is 2. The van der Waals surface area contributed by atoms with Gasteiger partial charge >= 0.3 is 0 Å². The van der Waals surface area contributed by atoms with Gasteiger partial charge in [-0.1, -0.05) is 55.5 Å². The number of anilines is 1. The van der Waals surface area contributed by atoms with Gasteiger partial charge in [0.25, 0.3) is 10.0 Å². The van der Waals surface area contributed by atoms with Crippen molar-refractivity contribution in [2.24, 2.45) is 0 Å². The van der Waals surface area contributed by atoms with Crippen LogP contribution in [-0.2, 0) is 20.2 Å². The van der Waals surface area contributed by atoms with E-state index in [4.69, 9.17) is 0 Å². The Balaban J connectivity index is 2.07. The highest BCUT2D eigenvalue weighted by atomic mass is 32.2. The van der Waals surface area contributed by atoms with Crippen LogP contribution in [0.3, 0.4) is 0 Å². The van der Waals surface area contributed by atoms with E-state index in [-0.39, 0.29) is 26.8 Å². The van der Waals surface area contributed by atoms with Gasteiger partial charge in [-0.25, -0.2) is 13.1 Å². The zero-order chi connectivity index (χ0) is 18.7. The number of nitrogens with zero attached hydrogens (tertiary/aromatic N) is 2. The highest BCUT2D eigenvalue weighted by molar-refractivity contribution is 7.91. The molecule has 0 saturated heterocycles. The molecule has 1 aromatic heterocycles. The van der Waals surface area contributed by atoms with E-state index in [0.717, 1.165) is 16.9 Å². The zero-order valence-corrected chi connectivity index (χ0v) is 16.2. The lowest BCUT2D eigenvalue weighted by molar-refractivity contribution is -0.114. The average Bonchev–Trinajstić information content (AvgIpc) is 2.95. The molecule has 136 valence electrons. The molecule has 1 atom stereocenters. The number of hydrogen-bond donors (Lipinski definition) is 2. The monoisotopic (exact) mass is 382 g/mol. The van der Waals surface area contributed by atoms with Crippen molar-refractivity contribution in [1.82, 2.24) is 14.9 Å². The molecule has 0 unspecified atom stereocenters. The summed E-state index contributed by atoms with van der Waals surface area (Å²) in [6.07, 6.45) is 0.619. The minimum absolute atomic E-state index is 0.158. The molecule has 2 aromatic rings. The molecule has 0 fully saturated rings. The molecular weight excluding hydrogens is 360 g/mol. The summed E-state index contributed by atoms with van der Waals surface area (Å²) < 4.78 is 27.4. The van der Waals surface area contributed by atoms with Crippen molar-refractivity contribution in [3.8, 4) is 0 Å². The number of amides is 1. The Labute approximate surface area is 151 Å². The molecular formula is C16H22N4O3S2. The summed E-state index contributed by atoms with van der Waals surface area (Å²) in [4.78, 5) is 11.0. The minimum Gasteiger partial charge on any atom is -0.301 e. The van der Waals surface area contributed by atoms with E-state index in [2.05, 4.69) is 34.1 Å². The molecule has 9 heteroatoms. The van der Waals surface area contributed by atoms with E-state index >= 15 is 0 Å². The molecule has 25 heavy (non-hydrogen) atoms. The predicted octanol–water partition coefficient (Wildman–Crippen LogP) is 2.53. The van der Waals surface area contributed by atoms with Crippen LogP contribution >= 0.6 is 11.3 Å². The van der Waals surface area contributed by atoms with Crippen molar-refractivity contribution < 1.29 is 13.2 Å². The van der Waals surface area contributed by atoms with Gasteiger partial charge in [0, 0.05) is 13.0 Å². The van der Waals surface area contributed by atoms with Crippen LogP contribution in [0.2, 0.25) is 0 Å². The zero-order valence-electron chi connectivity index (χ0n) is 14.6. The maximum absolute atomic E-state index is 12.4. The average molecular weight is 383 g/mol. The maximum Gasteiger partial charge on any atom is 0.270 e. The molecule has 0 radical (unpaired) electrons. The summed E-state index contributed by atoms with van der Waals surface area (Å²) in [6, 6.07) is 9.66. The van der Waals surface area contributed by atoms with Gasteiger partial charge in [0.1, 0.15) is 0 Å². The largest absolute Gasteiger partial charge is 0.301 e. The molecule has 0 spiro atoms. The second kappa shape index (κ2) is 7.59. The van der Waals surface area contributed by atoms with Gasteiger partial charge in [0.05, 0.1) is 0 Å². The fourth-order valence-electron chi connectivity index (χ4n) is 2.65. The Kier molecular flexibility index (Phi) is 5.91. The molecule has 1 aromatic carbocycles. The van der Waals surface area contributed by atoms with Crippen LogP contribution in [0.15, 0.2) is 34.7 Å². The van der Waals surface area contributed by atoms with Crippen molar-refractivity contribution in [2.45, 2.75) is 49.9 Å². The maximum atomic E-state index is 12.4. The summed E-state index contributed by atoms with van der Waals surface area (Å²) in [6.45, 7) is 7.29. The third kappa shape index (κ3) is 5.32. The standard InChI is InChI=1S/C16H22N4O3S2/c1-11(10-16(3,4)13-8-6-5-7-9-13)20-25(22,23)15-19-18-14(24-15)17-12(2)21/h5-9,11,20H,10H2,1-4H3,(H,17,18,21)/t11-/m0/s1. The van der Waals surface area contributed by atoms with E-state index < -0.39 is 10.0 Å². The Bertz CT molecular complexity index is 832. The molecule has 0 aliphatic carbocycles. The molecule has 7 nitrogen and oxygen atoms in total. The van der Waals surface area contributed by atoms with Crippen molar-refractivity contribution in [1.29, 1.82) is 0 Å². The topological polar surface area (TPSA) is 101 Å². The number of rotatable bonds is 7. The lowest BCUT2D eigenvalue weighted by atomic mass is 9.79. The molecule has 2 N–H and O–H groups in total. The lowest BCUT2D eigenvalue weighted by Crippen LogP contribution is -2.37. The van der Waals surface area contributed by atoms with Gasteiger partial charge in [-0.3, -0.25) is 4.79 Å². The van der Waals surface area contributed by atoms with E-state index in [1.54, 1.807) is 0 Å². The first-order chi connectivity index (χ1) is 11.6. The normalized spacial score (nSPS) is 13.4. The summed E-state index contributed by atoms with van der Waals surface area (Å²) in [5.74, 6) is -0.328. The third-order valence-corrected chi connectivity index (χ3v) is 6.44. The van der Waals surface area contributed by atoms with Crippen LogP contribution < -0.4 is 10.0 Å². The van der Waals surface area contributed by atoms with Gasteiger partial charge in [-0.15, -0.1) is 10.2 Å². The first-order valence-corrected chi connectivity index (χ1v) is 10.1. The molecule has 0 bridgehead atoms. The highest BCUT2D eigenvalue weighted by Gasteiger charge is 2.28. The second-order valence-corrected chi connectivity index (χ2v) is 9.40. The number of carbonyl (C=O) groups is 1. The van der Waals surface area contributed by atoms with Gasteiger partial charge in [0.2, 0.25) is 15.4 Å². The van der Waals surface area contributed by atoms with Gasteiger partial charge in [-0.2, -0.15) is 0 Å². The van der Waals surface area contributed by atoms with Crippen molar-refractivity contribution >= 4 is 32.4 Å². The Morgan fingerprint density at radius 2 is 1.88 bits per heavy atom. The van der Waals surface area contributed by atoms with E-state index in [1.807, 2.05) is 37.3 Å². The van der Waals surface area contributed by atoms with E-state index in [0.29, 0.717) is 6.42 Å². The highest BCUT2D eigenvalue weighted by Crippen LogP contribution is 2.29. The fraction of sp³-hybridized carbons (Fsp3) is 0.438. The third-order valence-electron chi connectivity index (χ3n) is 3.65. The predicted molar refractivity (Wildman–Crippen MR) is 98.1 cm³/mol. The van der Waals surface area contributed by atoms with E-state index in [1.165, 1.54) is 6.92 Å². The molecule has 0 saturated carbocycles. The number of hydrogen-bond acceptors (Lipinski definition) is 6. The number of nitrogens with one attached hydrogen (secondary N) is 2. The first kappa shape index (κ1) is 19.5. The fourth-order valence-corrected chi connectivity index (χ4v) is 4.85. The van der Waals surface area contributed by atoms with Crippen LogP contribution in [0, 0.1) is 0 Å². The van der Waals surface area contributed by atoms with E-state index in [9.17, 15) is 13.2 Å². The lowest BCUT2D eigenvalue weighted by Gasteiger charge is -2.28. The van der Waals surface area contributed by atoms with Crippen LogP contribution in [-0.4, -0.2) is 30.6 Å². The summed E-state index contributed by atoms with van der Waals surface area (Å²) in [5.41, 5.74) is 0.955. The van der Waals surface area contributed by atoms with Crippen LogP contribution in [0.4, 0.5) is 5.13 Å². The summed E-state index contributed by atoms with van der Waals surface area (Å²) in [7, 11) is -3.79. The molecule has 2 rings (SSSR count). The molecule has 0 aliphatic rings. The van der Waals surface area contributed by atoms with Crippen LogP contribution in [0.25, 0.3) is 0 Å². The number of sulfonamides is 1. The van der Waals surface area contributed by atoms with Crippen LogP contribution in [0.5, 0.6) is 0 Å². The molecule has 0 aliphatic heterocycles. The summed E-state index contributed by atoms with van der Waals surface area (Å²) in [5, 5.41) is 9.90. The smallest absolute Gasteiger partial charge is 0.270 e. The van der Waals surface area contributed by atoms with Crippen molar-refractivity contribution in [3.05, 3.63) is 35.9 Å².